The molecule has 0 aliphatic rings. The zero-order chi connectivity index (χ0) is 22.0. The number of nitrogens with zero attached hydrogens (tertiary/aromatic N) is 2. The number of nitro groups is 1. The van der Waals surface area contributed by atoms with Crippen LogP contribution in [0, 0.1) is 24.0 Å². The Morgan fingerprint density at radius 1 is 1.10 bits per heavy atom. The summed E-state index contributed by atoms with van der Waals surface area (Å²) in [6, 6.07) is 17.0. The van der Waals surface area contributed by atoms with E-state index in [2.05, 4.69) is 10.3 Å². The molecule has 4 aromatic rings. The monoisotopic (exact) mass is 417 g/mol. The lowest BCUT2D eigenvalue weighted by molar-refractivity contribution is -0.384. The zero-order valence-corrected chi connectivity index (χ0v) is 16.9. The molecular formula is C23H19N3O5. The van der Waals surface area contributed by atoms with Gasteiger partial charge in [-0.3, -0.25) is 14.9 Å². The van der Waals surface area contributed by atoms with E-state index in [4.69, 9.17) is 9.15 Å². The molecule has 0 saturated heterocycles. The highest BCUT2D eigenvalue weighted by Gasteiger charge is 2.16. The molecule has 1 aromatic heterocycles. The number of rotatable bonds is 6. The van der Waals surface area contributed by atoms with Crippen molar-refractivity contribution in [1.29, 1.82) is 0 Å². The van der Waals surface area contributed by atoms with Crippen LogP contribution in [0.25, 0.3) is 22.6 Å². The molecule has 31 heavy (non-hydrogen) atoms. The van der Waals surface area contributed by atoms with Gasteiger partial charge >= 0.3 is 0 Å². The van der Waals surface area contributed by atoms with Gasteiger partial charge in [-0.25, -0.2) is 4.98 Å². The Morgan fingerprint density at radius 3 is 2.58 bits per heavy atom. The number of para-hydroxylation sites is 2. The third-order valence-electron chi connectivity index (χ3n) is 4.77. The van der Waals surface area contributed by atoms with E-state index < -0.39 is 4.92 Å². The first-order valence-corrected chi connectivity index (χ1v) is 9.55. The van der Waals surface area contributed by atoms with Crippen LogP contribution in [0.2, 0.25) is 0 Å². The predicted molar refractivity (Wildman–Crippen MR) is 116 cm³/mol. The van der Waals surface area contributed by atoms with Crippen LogP contribution in [-0.4, -0.2) is 22.4 Å². The summed E-state index contributed by atoms with van der Waals surface area (Å²) in [6.45, 7) is 3.69. The van der Waals surface area contributed by atoms with Crippen molar-refractivity contribution in [3.05, 3.63) is 81.9 Å². The van der Waals surface area contributed by atoms with E-state index in [1.807, 2.05) is 32.0 Å². The summed E-state index contributed by atoms with van der Waals surface area (Å²) in [5.74, 6) is 0.607. The number of benzene rings is 3. The molecule has 8 nitrogen and oxygen atoms in total. The standard InChI is InChI=1S/C23H19N3O5/c1-14-6-5-7-15(2)22(14)30-13-21(27)24-18-9-4-3-8-17(18)23-25-19-12-16(26(28)29)10-11-20(19)31-23/h3-12H,13H2,1-2H3,(H,24,27). The van der Waals surface area contributed by atoms with E-state index in [-0.39, 0.29) is 24.1 Å². The van der Waals surface area contributed by atoms with Gasteiger partial charge in [-0.1, -0.05) is 30.3 Å². The number of carbonyl (C=O) groups is 1. The zero-order valence-electron chi connectivity index (χ0n) is 16.9. The maximum Gasteiger partial charge on any atom is 0.271 e. The number of oxazole rings is 1. The highest BCUT2D eigenvalue weighted by atomic mass is 16.6. The van der Waals surface area contributed by atoms with Crippen LogP contribution in [-0.2, 0) is 4.79 Å². The molecule has 3 aromatic carbocycles. The number of hydrogen-bond acceptors (Lipinski definition) is 6. The van der Waals surface area contributed by atoms with Gasteiger partial charge in [-0.2, -0.15) is 0 Å². The van der Waals surface area contributed by atoms with E-state index in [1.54, 1.807) is 24.3 Å². The van der Waals surface area contributed by atoms with E-state index in [0.717, 1.165) is 11.1 Å². The highest BCUT2D eigenvalue weighted by Crippen LogP contribution is 2.31. The van der Waals surface area contributed by atoms with Gasteiger partial charge in [0.15, 0.2) is 12.2 Å². The molecule has 1 amide bonds. The molecule has 0 bridgehead atoms. The number of aryl methyl sites for hydroxylation is 2. The number of fused-ring (bicyclic) bond motifs is 1. The lowest BCUT2D eigenvalue weighted by atomic mass is 10.1. The number of anilines is 1. The van der Waals surface area contributed by atoms with Gasteiger partial charge in [0.25, 0.3) is 11.6 Å². The largest absolute Gasteiger partial charge is 0.483 e. The van der Waals surface area contributed by atoms with Gasteiger partial charge in [0.1, 0.15) is 11.3 Å². The predicted octanol–water partition coefficient (Wildman–Crippen LogP) is 5.04. The molecule has 0 saturated carbocycles. The first-order chi connectivity index (χ1) is 14.9. The average molecular weight is 417 g/mol. The van der Waals surface area contributed by atoms with Crippen molar-refractivity contribution in [3.8, 4) is 17.2 Å². The normalized spacial score (nSPS) is 10.8. The Kier molecular flexibility index (Phi) is 5.36. The minimum atomic E-state index is -0.488. The molecule has 8 heteroatoms. The Balaban J connectivity index is 1.55. The number of nitrogens with one attached hydrogen (secondary N) is 1. The molecule has 0 fully saturated rings. The summed E-state index contributed by atoms with van der Waals surface area (Å²) in [5, 5.41) is 13.8. The van der Waals surface area contributed by atoms with Gasteiger partial charge in [0.05, 0.1) is 16.2 Å². The maximum atomic E-state index is 12.5. The van der Waals surface area contributed by atoms with Crippen LogP contribution in [0.4, 0.5) is 11.4 Å². The molecule has 156 valence electrons. The van der Waals surface area contributed by atoms with E-state index in [1.165, 1.54) is 18.2 Å². The minimum Gasteiger partial charge on any atom is -0.483 e. The van der Waals surface area contributed by atoms with Gasteiger partial charge in [0, 0.05) is 12.1 Å². The number of hydrogen-bond donors (Lipinski definition) is 1. The molecule has 1 N–H and O–H groups in total. The van der Waals surface area contributed by atoms with Crippen molar-refractivity contribution in [2.45, 2.75) is 13.8 Å². The summed E-state index contributed by atoms with van der Waals surface area (Å²) >= 11 is 0. The summed E-state index contributed by atoms with van der Waals surface area (Å²) < 4.78 is 11.5. The van der Waals surface area contributed by atoms with Crippen molar-refractivity contribution in [1.82, 2.24) is 4.98 Å². The van der Waals surface area contributed by atoms with Crippen LogP contribution >= 0.6 is 0 Å². The van der Waals surface area contributed by atoms with E-state index in [0.29, 0.717) is 28.1 Å². The Hall–Kier alpha value is -4.20. The van der Waals surface area contributed by atoms with Gasteiger partial charge in [0.2, 0.25) is 5.89 Å². The minimum absolute atomic E-state index is 0.0717. The van der Waals surface area contributed by atoms with Gasteiger partial charge < -0.3 is 14.5 Å². The quantitative estimate of drug-likeness (QED) is 0.348. The van der Waals surface area contributed by atoms with Gasteiger partial charge in [-0.15, -0.1) is 0 Å². The van der Waals surface area contributed by atoms with Crippen LogP contribution in [0.3, 0.4) is 0 Å². The summed E-state index contributed by atoms with van der Waals surface area (Å²) in [5.41, 5.74) is 3.67. The smallest absolute Gasteiger partial charge is 0.271 e. The second-order valence-electron chi connectivity index (χ2n) is 7.03. The van der Waals surface area contributed by atoms with Crippen LogP contribution in [0.5, 0.6) is 5.75 Å². The number of carbonyl (C=O) groups excluding carboxylic acids is 1. The molecule has 1 heterocycles. The average Bonchev–Trinajstić information content (AvgIpc) is 3.17. The second-order valence-corrected chi connectivity index (χ2v) is 7.03. The van der Waals surface area contributed by atoms with Crippen LogP contribution in [0.1, 0.15) is 11.1 Å². The number of non-ortho nitro benzene ring substituents is 1. The fourth-order valence-electron chi connectivity index (χ4n) is 3.27. The van der Waals surface area contributed by atoms with Crippen molar-refractivity contribution < 1.29 is 18.9 Å². The Bertz CT molecular complexity index is 1280. The molecule has 0 aliphatic carbocycles. The second kappa shape index (κ2) is 8.27. The molecule has 0 unspecified atom stereocenters. The first kappa shape index (κ1) is 20.1. The van der Waals surface area contributed by atoms with Crippen LogP contribution in [0.15, 0.2) is 65.1 Å². The number of ether oxygens (including phenoxy) is 1. The SMILES string of the molecule is Cc1cccc(C)c1OCC(=O)Nc1ccccc1-c1nc2cc([N+](=O)[O-])ccc2o1. The van der Waals surface area contributed by atoms with Crippen LogP contribution < -0.4 is 10.1 Å². The lowest BCUT2D eigenvalue weighted by Crippen LogP contribution is -2.21. The van der Waals surface area contributed by atoms with Gasteiger partial charge in [-0.05, 0) is 43.2 Å². The van der Waals surface area contributed by atoms with Crippen molar-refractivity contribution in [2.75, 3.05) is 11.9 Å². The fourth-order valence-corrected chi connectivity index (χ4v) is 3.27. The Labute approximate surface area is 177 Å². The lowest BCUT2D eigenvalue weighted by Gasteiger charge is -2.13. The fraction of sp³-hybridized carbons (Fsp3) is 0.130. The molecule has 4 rings (SSSR count). The highest BCUT2D eigenvalue weighted by molar-refractivity contribution is 5.96. The molecule has 0 spiro atoms. The number of aromatic nitrogens is 1. The maximum absolute atomic E-state index is 12.5. The topological polar surface area (TPSA) is 108 Å². The van der Waals surface area contributed by atoms with Crippen molar-refractivity contribution >= 4 is 28.4 Å². The van der Waals surface area contributed by atoms with E-state index in [9.17, 15) is 14.9 Å². The summed E-state index contributed by atoms with van der Waals surface area (Å²) in [7, 11) is 0. The third kappa shape index (κ3) is 4.23. The van der Waals surface area contributed by atoms with E-state index >= 15 is 0 Å². The molecule has 0 radical (unpaired) electrons. The molecule has 0 aliphatic heterocycles. The number of amides is 1. The molecular weight excluding hydrogens is 398 g/mol. The van der Waals surface area contributed by atoms with Crippen molar-refractivity contribution in [2.24, 2.45) is 0 Å². The summed E-state index contributed by atoms with van der Waals surface area (Å²) in [6.07, 6.45) is 0. The molecule has 0 atom stereocenters. The van der Waals surface area contributed by atoms with Crippen molar-refractivity contribution in [3.63, 3.8) is 0 Å². The summed E-state index contributed by atoms with van der Waals surface area (Å²) in [4.78, 5) is 27.4. The number of nitro benzene ring substituents is 1. The Morgan fingerprint density at radius 2 is 1.84 bits per heavy atom. The third-order valence-corrected chi connectivity index (χ3v) is 4.77. The first-order valence-electron chi connectivity index (χ1n) is 9.55.